The maximum Gasteiger partial charge on any atom is 0.371 e. The van der Waals surface area contributed by atoms with Crippen molar-refractivity contribution >= 4 is 11.9 Å². The molecule has 8 nitrogen and oxygen atoms in total. The van der Waals surface area contributed by atoms with E-state index in [4.69, 9.17) is 9.84 Å². The number of amides is 1. The first-order chi connectivity index (χ1) is 11.4. The van der Waals surface area contributed by atoms with Crippen LogP contribution >= 0.6 is 0 Å². The quantitative estimate of drug-likeness (QED) is 0.620. The SMILES string of the molecule is CN1C[C@H](c2ccc[n+]([C@@H]3OC(C(=O)O)=C[C@H](O)[C@H]3O)c2)CC1=O. The summed E-state index contributed by atoms with van der Waals surface area (Å²) in [4.78, 5) is 24.5. The molecule has 0 saturated carbocycles. The van der Waals surface area contributed by atoms with Gasteiger partial charge < -0.3 is 25.0 Å². The minimum atomic E-state index is -1.34. The number of pyridine rings is 1. The number of aliphatic hydroxyl groups excluding tert-OH is 2. The van der Waals surface area contributed by atoms with Crippen molar-refractivity contribution in [1.29, 1.82) is 0 Å². The number of carbonyl (C=O) groups is 2. The summed E-state index contributed by atoms with van der Waals surface area (Å²) in [5, 5.41) is 29.0. The summed E-state index contributed by atoms with van der Waals surface area (Å²) < 4.78 is 6.83. The van der Waals surface area contributed by atoms with Crippen molar-refractivity contribution in [2.45, 2.75) is 30.8 Å². The van der Waals surface area contributed by atoms with Crippen LogP contribution in [0.25, 0.3) is 0 Å². The first kappa shape index (κ1) is 16.4. The Balaban J connectivity index is 1.87. The lowest BCUT2D eigenvalue weighted by Gasteiger charge is -2.26. The molecule has 3 N–H and O–H groups in total. The second-order valence-corrected chi connectivity index (χ2v) is 6.09. The highest BCUT2D eigenvalue weighted by Gasteiger charge is 2.41. The van der Waals surface area contributed by atoms with Crippen LogP contribution in [-0.2, 0) is 14.3 Å². The number of hydrogen-bond donors (Lipinski definition) is 3. The summed E-state index contributed by atoms with van der Waals surface area (Å²) in [6.07, 6.45) is 0.991. The molecule has 24 heavy (non-hydrogen) atoms. The number of likely N-dealkylation sites (tertiary alicyclic amines) is 1. The third-order valence-corrected chi connectivity index (χ3v) is 4.37. The van der Waals surface area contributed by atoms with Gasteiger partial charge in [0.1, 0.15) is 6.10 Å². The summed E-state index contributed by atoms with van der Waals surface area (Å²) in [6.45, 7) is 0.597. The van der Waals surface area contributed by atoms with E-state index in [9.17, 15) is 19.8 Å². The fourth-order valence-corrected chi connectivity index (χ4v) is 3.02. The molecule has 0 aliphatic carbocycles. The minimum absolute atomic E-state index is 0.0232. The van der Waals surface area contributed by atoms with E-state index in [0.29, 0.717) is 13.0 Å². The first-order valence-electron chi connectivity index (χ1n) is 7.59. The molecule has 0 spiro atoms. The highest BCUT2D eigenvalue weighted by Crippen LogP contribution is 2.27. The lowest BCUT2D eigenvalue weighted by molar-refractivity contribution is -0.769. The zero-order valence-electron chi connectivity index (χ0n) is 13.1. The Morgan fingerprint density at radius 1 is 1.42 bits per heavy atom. The van der Waals surface area contributed by atoms with Crippen LogP contribution in [0.5, 0.6) is 0 Å². The molecular weight excluding hydrogens is 316 g/mol. The van der Waals surface area contributed by atoms with Gasteiger partial charge in [-0.1, -0.05) is 0 Å². The number of aliphatic hydroxyl groups is 2. The van der Waals surface area contributed by atoms with E-state index in [0.717, 1.165) is 11.6 Å². The smallest absolute Gasteiger partial charge is 0.371 e. The topological polar surface area (TPSA) is 111 Å². The van der Waals surface area contributed by atoms with Gasteiger partial charge in [0.05, 0.1) is 0 Å². The molecule has 1 amide bonds. The Kier molecular flexibility index (Phi) is 4.25. The van der Waals surface area contributed by atoms with Crippen molar-refractivity contribution < 1.29 is 34.2 Å². The summed E-state index contributed by atoms with van der Waals surface area (Å²) in [5.74, 6) is -1.64. The van der Waals surface area contributed by atoms with Crippen molar-refractivity contribution in [3.63, 3.8) is 0 Å². The fourth-order valence-electron chi connectivity index (χ4n) is 3.02. The monoisotopic (exact) mass is 335 g/mol. The average Bonchev–Trinajstić information content (AvgIpc) is 2.89. The third kappa shape index (κ3) is 2.98. The maximum absolute atomic E-state index is 11.7. The van der Waals surface area contributed by atoms with Gasteiger partial charge in [0.2, 0.25) is 11.7 Å². The van der Waals surface area contributed by atoms with E-state index in [2.05, 4.69) is 0 Å². The molecule has 3 heterocycles. The van der Waals surface area contributed by atoms with E-state index in [1.807, 2.05) is 6.07 Å². The van der Waals surface area contributed by atoms with Gasteiger partial charge >= 0.3 is 12.2 Å². The van der Waals surface area contributed by atoms with Crippen LogP contribution in [0.1, 0.15) is 24.1 Å². The van der Waals surface area contributed by atoms with Gasteiger partial charge in [0.25, 0.3) is 0 Å². The molecule has 1 saturated heterocycles. The van der Waals surface area contributed by atoms with Gasteiger partial charge in [-0.05, 0) is 12.1 Å². The number of aromatic nitrogens is 1. The van der Waals surface area contributed by atoms with Crippen molar-refractivity contribution in [3.8, 4) is 0 Å². The van der Waals surface area contributed by atoms with Gasteiger partial charge in [-0.2, -0.15) is 4.57 Å². The van der Waals surface area contributed by atoms with Gasteiger partial charge in [-0.15, -0.1) is 0 Å². The third-order valence-electron chi connectivity index (χ3n) is 4.37. The maximum atomic E-state index is 11.7. The average molecular weight is 335 g/mol. The molecule has 1 fully saturated rings. The summed E-state index contributed by atoms with van der Waals surface area (Å²) in [6, 6.07) is 3.60. The van der Waals surface area contributed by atoms with E-state index < -0.39 is 30.2 Å². The lowest BCUT2D eigenvalue weighted by atomic mass is 10.00. The predicted molar refractivity (Wildman–Crippen MR) is 79.5 cm³/mol. The largest absolute Gasteiger partial charge is 0.475 e. The van der Waals surface area contributed by atoms with Crippen LogP contribution in [0.2, 0.25) is 0 Å². The number of carboxylic acids is 1. The molecule has 1 aromatic rings. The molecule has 0 aromatic carbocycles. The van der Waals surface area contributed by atoms with Crippen LogP contribution < -0.4 is 4.57 Å². The molecule has 8 heteroatoms. The molecule has 128 valence electrons. The van der Waals surface area contributed by atoms with E-state index in [-0.39, 0.29) is 11.8 Å². The number of likely N-dealkylation sites (N-methyl/N-ethyl adjacent to an activating group) is 1. The Morgan fingerprint density at radius 3 is 2.79 bits per heavy atom. The number of nitrogens with zero attached hydrogens (tertiary/aromatic N) is 2. The van der Waals surface area contributed by atoms with E-state index in [1.54, 1.807) is 30.4 Å². The molecule has 4 atom stereocenters. The second-order valence-electron chi connectivity index (χ2n) is 6.09. The highest BCUT2D eigenvalue weighted by molar-refractivity contribution is 5.84. The standard InChI is InChI=1S/C16H18N2O6/c1-17-7-10(5-13(17)20)9-3-2-4-18(8-9)15-14(21)11(19)6-12(24-15)16(22)23/h2-4,6,8,10-11,14-15,19,21H,5,7H2,1H3/p+1/t10-,11+,14-,15-/m1/s1. The number of carboxylic acid groups (broad SMARTS) is 1. The Hall–Kier alpha value is -2.45. The fraction of sp³-hybridized carbons (Fsp3) is 0.438. The van der Waals surface area contributed by atoms with Crippen molar-refractivity contribution in [1.82, 2.24) is 4.90 Å². The second kappa shape index (κ2) is 6.21. The summed E-state index contributed by atoms with van der Waals surface area (Å²) in [5.41, 5.74) is 0.881. The van der Waals surface area contributed by atoms with Gasteiger partial charge in [-0.3, -0.25) is 4.79 Å². The number of hydrogen-bond acceptors (Lipinski definition) is 5. The van der Waals surface area contributed by atoms with Crippen LogP contribution in [0.3, 0.4) is 0 Å². The highest BCUT2D eigenvalue weighted by atomic mass is 16.5. The number of ether oxygens (including phenoxy) is 1. The molecule has 2 aliphatic rings. The van der Waals surface area contributed by atoms with Crippen LogP contribution in [0, 0.1) is 0 Å². The lowest BCUT2D eigenvalue weighted by Crippen LogP contribution is -2.53. The minimum Gasteiger partial charge on any atom is -0.475 e. The zero-order chi connectivity index (χ0) is 17.4. The summed E-state index contributed by atoms with van der Waals surface area (Å²) in [7, 11) is 1.74. The Bertz CT molecular complexity index is 704. The Labute approximate surface area is 138 Å². The first-order valence-corrected chi connectivity index (χ1v) is 7.59. The zero-order valence-corrected chi connectivity index (χ0v) is 13.1. The normalized spacial score (nSPS) is 30.0. The molecule has 0 bridgehead atoms. The molecule has 0 radical (unpaired) electrons. The molecule has 0 unspecified atom stereocenters. The molecule has 3 rings (SSSR count). The molecule has 2 aliphatic heterocycles. The summed E-state index contributed by atoms with van der Waals surface area (Å²) >= 11 is 0. The van der Waals surface area contributed by atoms with Crippen LogP contribution in [-0.4, -0.2) is 57.9 Å². The Morgan fingerprint density at radius 2 is 2.17 bits per heavy atom. The van der Waals surface area contributed by atoms with Crippen molar-refractivity contribution in [2.75, 3.05) is 13.6 Å². The molecule has 1 aromatic heterocycles. The van der Waals surface area contributed by atoms with E-state index in [1.165, 1.54) is 4.57 Å². The number of rotatable bonds is 3. The van der Waals surface area contributed by atoms with Gasteiger partial charge in [0.15, 0.2) is 18.5 Å². The number of carbonyl (C=O) groups excluding carboxylic acids is 1. The van der Waals surface area contributed by atoms with Gasteiger partial charge in [0, 0.05) is 37.6 Å². The van der Waals surface area contributed by atoms with Crippen LogP contribution in [0.15, 0.2) is 36.4 Å². The van der Waals surface area contributed by atoms with Crippen molar-refractivity contribution in [3.05, 3.63) is 41.9 Å². The predicted octanol–water partition coefficient (Wildman–Crippen LogP) is -0.861. The van der Waals surface area contributed by atoms with E-state index >= 15 is 0 Å². The van der Waals surface area contributed by atoms with Gasteiger partial charge in [-0.25, -0.2) is 4.79 Å². The van der Waals surface area contributed by atoms with Crippen LogP contribution in [0.4, 0.5) is 0 Å². The molecular formula is C16H19N2O6+. The van der Waals surface area contributed by atoms with Crippen molar-refractivity contribution in [2.24, 2.45) is 0 Å². The number of aliphatic carboxylic acids is 1.